The highest BCUT2D eigenvalue weighted by Crippen LogP contribution is 2.40. The third kappa shape index (κ3) is 3.77. The summed E-state index contributed by atoms with van der Waals surface area (Å²) in [6.07, 6.45) is 0. The van der Waals surface area contributed by atoms with Crippen LogP contribution in [-0.4, -0.2) is 23.4 Å². The summed E-state index contributed by atoms with van der Waals surface area (Å²) in [5.74, 6) is -1.13. The monoisotopic (exact) mass is 374 g/mol. The average Bonchev–Trinajstić information content (AvgIpc) is 2.54. The van der Waals surface area contributed by atoms with Gasteiger partial charge in [0.1, 0.15) is 11.6 Å². The molecular weight excluding hydrogens is 350 g/mol. The topological polar surface area (TPSA) is 84.7 Å². The van der Waals surface area contributed by atoms with Crippen molar-refractivity contribution in [2.75, 3.05) is 6.54 Å². The van der Waals surface area contributed by atoms with E-state index in [1.807, 2.05) is 13.8 Å². The van der Waals surface area contributed by atoms with E-state index < -0.39 is 17.3 Å². The van der Waals surface area contributed by atoms with Crippen molar-refractivity contribution in [1.82, 2.24) is 4.90 Å². The molecule has 0 saturated carbocycles. The number of halogens is 2. The Morgan fingerprint density at radius 2 is 1.74 bits per heavy atom. The molecule has 0 aromatic heterocycles. The molecule has 0 spiro atoms. The molecule has 3 rings (SSSR count). The summed E-state index contributed by atoms with van der Waals surface area (Å²) in [6, 6.07) is 8.56. The minimum atomic E-state index is -0.687. The lowest BCUT2D eigenvalue weighted by atomic mass is 9.76. The molecule has 144 valence electrons. The first-order valence-corrected chi connectivity index (χ1v) is 8.16. The summed E-state index contributed by atoms with van der Waals surface area (Å²) in [7, 11) is 0. The van der Waals surface area contributed by atoms with Crippen molar-refractivity contribution in [3.05, 3.63) is 59.2 Å². The van der Waals surface area contributed by atoms with Crippen LogP contribution in [0.1, 0.15) is 32.4 Å². The van der Waals surface area contributed by atoms with Gasteiger partial charge in [-0.1, -0.05) is 45.5 Å². The maximum absolute atomic E-state index is 14.6. The van der Waals surface area contributed by atoms with Crippen molar-refractivity contribution in [2.45, 2.75) is 33.2 Å². The molecule has 0 saturated heterocycles. The molecule has 4 N–H and O–H groups in total. The summed E-state index contributed by atoms with van der Waals surface area (Å²) in [5, 5.41) is 0. The lowest BCUT2D eigenvalue weighted by Gasteiger charge is -2.40. The fraction of sp³-hybridized carbons (Fsp3) is 0.300. The van der Waals surface area contributed by atoms with Gasteiger partial charge in [0.2, 0.25) is 0 Å². The van der Waals surface area contributed by atoms with E-state index in [4.69, 9.17) is 11.5 Å². The Hall–Kier alpha value is -2.96. The molecule has 2 aromatic carbocycles. The van der Waals surface area contributed by atoms with Crippen LogP contribution in [0.3, 0.4) is 0 Å². The van der Waals surface area contributed by atoms with Crippen molar-refractivity contribution >= 4 is 12.0 Å². The second kappa shape index (κ2) is 7.34. The molecule has 27 heavy (non-hydrogen) atoms. The minimum Gasteiger partial charge on any atom is -0.370 e. The van der Waals surface area contributed by atoms with Crippen LogP contribution in [0.2, 0.25) is 0 Å². The fourth-order valence-electron chi connectivity index (χ4n) is 3.57. The van der Waals surface area contributed by atoms with Crippen molar-refractivity contribution < 1.29 is 13.6 Å². The van der Waals surface area contributed by atoms with Gasteiger partial charge in [-0.25, -0.2) is 13.6 Å². The van der Waals surface area contributed by atoms with Crippen LogP contribution in [0.25, 0.3) is 11.1 Å². The van der Waals surface area contributed by atoms with E-state index in [-0.39, 0.29) is 32.3 Å². The third-order valence-electron chi connectivity index (χ3n) is 4.53. The zero-order valence-corrected chi connectivity index (χ0v) is 14.6. The third-order valence-corrected chi connectivity index (χ3v) is 4.53. The standard InChI is InChI=1S/C19H20F2N4O.CH4/c1-19(2)10-25(18(26)24-17(22)23)9-13-11(7-8-15(21)16(13)19)12-5-3-4-6-14(12)20;/h3-8H,9-10H2,1-2H3,(H4,22,23,24,26);1H4. The van der Waals surface area contributed by atoms with E-state index in [0.717, 1.165) is 0 Å². The van der Waals surface area contributed by atoms with Gasteiger partial charge in [-0.15, -0.1) is 0 Å². The molecule has 0 bridgehead atoms. The van der Waals surface area contributed by atoms with E-state index in [1.54, 1.807) is 18.2 Å². The number of nitrogens with two attached hydrogens (primary N) is 2. The molecule has 2 aromatic rings. The summed E-state index contributed by atoms with van der Waals surface area (Å²) < 4.78 is 29.0. The van der Waals surface area contributed by atoms with E-state index in [2.05, 4.69) is 4.99 Å². The maximum Gasteiger partial charge on any atom is 0.347 e. The Bertz CT molecular complexity index is 905. The smallest absolute Gasteiger partial charge is 0.347 e. The normalized spacial score (nSPS) is 14.7. The number of amides is 2. The number of nitrogens with zero attached hydrogens (tertiary/aromatic N) is 2. The number of fused-ring (bicyclic) bond motifs is 1. The van der Waals surface area contributed by atoms with Gasteiger partial charge in [-0.2, -0.15) is 4.99 Å². The molecule has 2 amide bonds. The molecular formula is C20H24F2N4O. The number of hydrogen-bond donors (Lipinski definition) is 2. The Morgan fingerprint density at radius 1 is 1.07 bits per heavy atom. The van der Waals surface area contributed by atoms with Gasteiger partial charge in [0.15, 0.2) is 5.96 Å². The van der Waals surface area contributed by atoms with Crippen molar-refractivity contribution in [3.63, 3.8) is 0 Å². The first-order valence-electron chi connectivity index (χ1n) is 8.16. The van der Waals surface area contributed by atoms with Gasteiger partial charge in [0.25, 0.3) is 0 Å². The van der Waals surface area contributed by atoms with Crippen LogP contribution in [0.15, 0.2) is 41.4 Å². The Morgan fingerprint density at radius 3 is 2.37 bits per heavy atom. The molecule has 1 aliphatic rings. The molecule has 1 heterocycles. The Kier molecular flexibility index (Phi) is 5.54. The predicted molar refractivity (Wildman–Crippen MR) is 103 cm³/mol. The largest absolute Gasteiger partial charge is 0.370 e. The zero-order valence-electron chi connectivity index (χ0n) is 14.6. The second-order valence-corrected chi connectivity index (χ2v) is 6.99. The highest BCUT2D eigenvalue weighted by molar-refractivity contribution is 5.91. The first kappa shape index (κ1) is 20.4. The van der Waals surface area contributed by atoms with Gasteiger partial charge in [0, 0.05) is 29.6 Å². The number of aliphatic imine (C=N–C) groups is 1. The van der Waals surface area contributed by atoms with Crippen LogP contribution in [0.5, 0.6) is 0 Å². The quantitative estimate of drug-likeness (QED) is 0.589. The molecule has 0 radical (unpaired) electrons. The first-order chi connectivity index (χ1) is 12.2. The van der Waals surface area contributed by atoms with Gasteiger partial charge >= 0.3 is 6.03 Å². The molecule has 0 unspecified atom stereocenters. The molecule has 7 heteroatoms. The Balaban J connectivity index is 0.00000261. The summed E-state index contributed by atoms with van der Waals surface area (Å²) in [5.41, 5.74) is 11.9. The zero-order chi connectivity index (χ0) is 19.1. The van der Waals surface area contributed by atoms with Gasteiger partial charge in [-0.05, 0) is 23.3 Å². The lowest BCUT2D eigenvalue weighted by molar-refractivity contribution is 0.181. The lowest BCUT2D eigenvalue weighted by Crippen LogP contribution is -2.45. The van der Waals surface area contributed by atoms with E-state index in [0.29, 0.717) is 22.3 Å². The van der Waals surface area contributed by atoms with Gasteiger partial charge in [-0.3, -0.25) is 0 Å². The van der Waals surface area contributed by atoms with E-state index >= 15 is 0 Å². The van der Waals surface area contributed by atoms with Crippen LogP contribution in [-0.2, 0) is 12.0 Å². The Labute approximate surface area is 157 Å². The van der Waals surface area contributed by atoms with E-state index in [9.17, 15) is 13.6 Å². The fourth-order valence-corrected chi connectivity index (χ4v) is 3.57. The number of rotatable bonds is 1. The van der Waals surface area contributed by atoms with Crippen LogP contribution in [0, 0.1) is 11.6 Å². The summed E-state index contributed by atoms with van der Waals surface area (Å²) in [4.78, 5) is 17.3. The number of guanidine groups is 1. The van der Waals surface area contributed by atoms with Crippen molar-refractivity contribution in [1.29, 1.82) is 0 Å². The predicted octanol–water partition coefficient (Wildman–Crippen LogP) is 3.75. The summed E-state index contributed by atoms with van der Waals surface area (Å²) in [6.45, 7) is 3.99. The molecule has 0 aliphatic carbocycles. The van der Waals surface area contributed by atoms with Gasteiger partial charge < -0.3 is 16.4 Å². The molecule has 5 nitrogen and oxygen atoms in total. The van der Waals surface area contributed by atoms with Crippen LogP contribution >= 0.6 is 0 Å². The average molecular weight is 374 g/mol. The maximum atomic E-state index is 14.6. The molecule has 0 atom stereocenters. The summed E-state index contributed by atoms with van der Waals surface area (Å²) >= 11 is 0. The second-order valence-electron chi connectivity index (χ2n) is 6.99. The van der Waals surface area contributed by atoms with Gasteiger partial charge in [0.05, 0.1) is 0 Å². The highest BCUT2D eigenvalue weighted by atomic mass is 19.1. The SMILES string of the molecule is C.CC1(C)CN(C(=O)N=C(N)N)Cc2c(-c3ccccc3F)ccc(F)c21. The number of urea groups is 1. The van der Waals surface area contributed by atoms with Crippen molar-refractivity contribution in [2.24, 2.45) is 16.5 Å². The van der Waals surface area contributed by atoms with Crippen LogP contribution in [0.4, 0.5) is 13.6 Å². The van der Waals surface area contributed by atoms with Crippen molar-refractivity contribution in [3.8, 4) is 11.1 Å². The number of hydrogen-bond acceptors (Lipinski definition) is 1. The number of carbonyl (C=O) groups is 1. The highest BCUT2D eigenvalue weighted by Gasteiger charge is 2.37. The van der Waals surface area contributed by atoms with Crippen LogP contribution < -0.4 is 11.5 Å². The molecule has 1 aliphatic heterocycles. The number of carbonyl (C=O) groups excluding carboxylic acids is 1. The number of benzene rings is 2. The minimum absolute atomic E-state index is 0. The molecule has 0 fully saturated rings. The van der Waals surface area contributed by atoms with E-state index in [1.165, 1.54) is 23.1 Å².